The van der Waals surface area contributed by atoms with Gasteiger partial charge in [0.15, 0.2) is 0 Å². The molecule has 0 aliphatic rings. The maximum atomic E-state index is 8.51. The minimum Gasteiger partial charge on any atom is -0.396 e. The highest BCUT2D eigenvalue weighted by Crippen LogP contribution is 2.18. The molecule has 1 rings (SSSR count). The third-order valence-corrected chi connectivity index (χ3v) is 2.72. The summed E-state index contributed by atoms with van der Waals surface area (Å²) in [5.74, 6) is 0. The quantitative estimate of drug-likeness (QED) is 0.720. The van der Waals surface area contributed by atoms with Crippen LogP contribution in [0.3, 0.4) is 0 Å². The van der Waals surface area contributed by atoms with Crippen molar-refractivity contribution < 1.29 is 5.11 Å². The van der Waals surface area contributed by atoms with Crippen molar-refractivity contribution in [3.05, 3.63) is 21.3 Å². The van der Waals surface area contributed by atoms with Crippen LogP contribution in [0.15, 0.2) is 11.4 Å². The molecule has 0 aliphatic carbocycles. The highest BCUT2D eigenvalue weighted by atomic mass is 35.5. The first-order valence-corrected chi connectivity index (χ1v) is 5.13. The van der Waals surface area contributed by atoms with Gasteiger partial charge in [0.2, 0.25) is 0 Å². The SMILES string of the molecule is OCCCNCc1cc(Cl)cs1. The standard InChI is InChI=1S/C8H12ClNOS/c9-7-4-8(12-6-7)5-10-2-1-3-11/h4,6,10-11H,1-3,5H2. The van der Waals surface area contributed by atoms with E-state index in [-0.39, 0.29) is 6.61 Å². The molecule has 0 saturated carbocycles. The lowest BCUT2D eigenvalue weighted by molar-refractivity contribution is 0.286. The zero-order valence-corrected chi connectivity index (χ0v) is 8.29. The number of nitrogens with one attached hydrogen (secondary N) is 1. The summed E-state index contributed by atoms with van der Waals surface area (Å²) in [6, 6.07) is 1.96. The predicted molar refractivity (Wildman–Crippen MR) is 52.7 cm³/mol. The monoisotopic (exact) mass is 205 g/mol. The molecular weight excluding hydrogens is 194 g/mol. The van der Waals surface area contributed by atoms with Crippen molar-refractivity contribution in [2.75, 3.05) is 13.2 Å². The van der Waals surface area contributed by atoms with Crippen LogP contribution in [-0.4, -0.2) is 18.3 Å². The minimum atomic E-state index is 0.248. The summed E-state index contributed by atoms with van der Waals surface area (Å²) in [6.07, 6.45) is 0.805. The van der Waals surface area contributed by atoms with E-state index in [0.29, 0.717) is 0 Å². The van der Waals surface area contributed by atoms with Gasteiger partial charge in [-0.15, -0.1) is 11.3 Å². The van der Waals surface area contributed by atoms with E-state index in [2.05, 4.69) is 5.32 Å². The Bertz CT molecular complexity index is 227. The Morgan fingerprint density at radius 3 is 3.00 bits per heavy atom. The summed E-state index contributed by atoms with van der Waals surface area (Å²) in [5, 5.41) is 14.4. The molecule has 0 unspecified atom stereocenters. The highest BCUT2D eigenvalue weighted by molar-refractivity contribution is 7.10. The van der Waals surface area contributed by atoms with Gasteiger partial charge in [-0.1, -0.05) is 11.6 Å². The third-order valence-electron chi connectivity index (χ3n) is 1.43. The van der Waals surface area contributed by atoms with Crippen molar-refractivity contribution in [1.29, 1.82) is 0 Å². The van der Waals surface area contributed by atoms with E-state index in [9.17, 15) is 0 Å². The van der Waals surface area contributed by atoms with Crippen LogP contribution < -0.4 is 5.32 Å². The van der Waals surface area contributed by atoms with Gasteiger partial charge in [0.25, 0.3) is 0 Å². The highest BCUT2D eigenvalue weighted by Gasteiger charge is 1.95. The van der Waals surface area contributed by atoms with Crippen molar-refractivity contribution in [2.45, 2.75) is 13.0 Å². The number of rotatable bonds is 5. The molecule has 4 heteroatoms. The van der Waals surface area contributed by atoms with Crippen LogP contribution >= 0.6 is 22.9 Å². The molecule has 2 N–H and O–H groups in total. The zero-order chi connectivity index (χ0) is 8.81. The van der Waals surface area contributed by atoms with E-state index in [1.807, 2.05) is 11.4 Å². The molecule has 0 bridgehead atoms. The number of hydrogen-bond donors (Lipinski definition) is 2. The van der Waals surface area contributed by atoms with Gasteiger partial charge in [0, 0.05) is 23.4 Å². The lowest BCUT2D eigenvalue weighted by Crippen LogP contribution is -2.14. The second-order valence-electron chi connectivity index (χ2n) is 2.49. The molecule has 0 aliphatic heterocycles. The molecule has 12 heavy (non-hydrogen) atoms. The maximum absolute atomic E-state index is 8.51. The molecule has 68 valence electrons. The first kappa shape index (κ1) is 9.99. The Balaban J connectivity index is 2.15. The molecule has 0 spiro atoms. The third kappa shape index (κ3) is 3.54. The fraction of sp³-hybridized carbons (Fsp3) is 0.500. The normalized spacial score (nSPS) is 10.5. The first-order valence-electron chi connectivity index (χ1n) is 3.87. The molecule has 0 amide bonds. The summed E-state index contributed by atoms with van der Waals surface area (Å²) in [7, 11) is 0. The molecule has 1 heterocycles. The molecule has 1 aromatic heterocycles. The van der Waals surface area contributed by atoms with Crippen molar-refractivity contribution in [3.63, 3.8) is 0 Å². The summed E-state index contributed by atoms with van der Waals surface area (Å²) in [5.41, 5.74) is 0. The van der Waals surface area contributed by atoms with Crippen LogP contribution in [0, 0.1) is 0 Å². The van der Waals surface area contributed by atoms with Gasteiger partial charge < -0.3 is 10.4 Å². The van der Waals surface area contributed by atoms with Crippen LogP contribution in [0.1, 0.15) is 11.3 Å². The fourth-order valence-electron chi connectivity index (χ4n) is 0.862. The zero-order valence-electron chi connectivity index (χ0n) is 6.72. The van der Waals surface area contributed by atoms with E-state index in [1.54, 1.807) is 11.3 Å². The van der Waals surface area contributed by atoms with E-state index in [0.717, 1.165) is 24.5 Å². The summed E-state index contributed by atoms with van der Waals surface area (Å²) in [6.45, 7) is 1.95. The van der Waals surface area contributed by atoms with Gasteiger partial charge in [0.05, 0.1) is 5.02 Å². The van der Waals surface area contributed by atoms with Crippen LogP contribution in [0.4, 0.5) is 0 Å². The van der Waals surface area contributed by atoms with Crippen molar-refractivity contribution in [2.24, 2.45) is 0 Å². The molecule has 0 saturated heterocycles. The van der Waals surface area contributed by atoms with Crippen molar-refractivity contribution >= 4 is 22.9 Å². The number of aliphatic hydroxyl groups is 1. The molecule has 2 nitrogen and oxygen atoms in total. The largest absolute Gasteiger partial charge is 0.396 e. The molecule has 0 atom stereocenters. The summed E-state index contributed by atoms with van der Waals surface area (Å²) < 4.78 is 0. The Morgan fingerprint density at radius 1 is 1.58 bits per heavy atom. The number of aliphatic hydroxyl groups excluding tert-OH is 1. The Hall–Kier alpha value is -0.0900. The first-order chi connectivity index (χ1) is 5.83. The van der Waals surface area contributed by atoms with Crippen LogP contribution in [0.2, 0.25) is 5.02 Å². The van der Waals surface area contributed by atoms with Crippen molar-refractivity contribution in [3.8, 4) is 0 Å². The Morgan fingerprint density at radius 2 is 2.42 bits per heavy atom. The number of thiophene rings is 1. The maximum Gasteiger partial charge on any atom is 0.0516 e. The van der Waals surface area contributed by atoms with E-state index in [1.165, 1.54) is 4.88 Å². The van der Waals surface area contributed by atoms with Gasteiger partial charge in [0.1, 0.15) is 0 Å². The Kier molecular flexibility index (Phi) is 4.61. The van der Waals surface area contributed by atoms with Gasteiger partial charge in [-0.25, -0.2) is 0 Å². The molecule has 0 aromatic carbocycles. The lowest BCUT2D eigenvalue weighted by Gasteiger charge is -1.99. The van der Waals surface area contributed by atoms with Crippen molar-refractivity contribution in [1.82, 2.24) is 5.32 Å². The average molecular weight is 206 g/mol. The van der Waals surface area contributed by atoms with Crippen LogP contribution in [-0.2, 0) is 6.54 Å². The summed E-state index contributed by atoms with van der Waals surface area (Å²) in [4.78, 5) is 1.23. The molecule has 1 aromatic rings. The summed E-state index contributed by atoms with van der Waals surface area (Å²) >= 11 is 7.39. The number of hydrogen-bond acceptors (Lipinski definition) is 3. The fourth-order valence-corrected chi connectivity index (χ4v) is 1.90. The average Bonchev–Trinajstić information content (AvgIpc) is 2.45. The molecule has 0 fully saturated rings. The van der Waals surface area contributed by atoms with Gasteiger partial charge >= 0.3 is 0 Å². The van der Waals surface area contributed by atoms with E-state index < -0.39 is 0 Å². The second kappa shape index (κ2) is 5.54. The second-order valence-corrected chi connectivity index (χ2v) is 3.92. The number of halogens is 1. The van der Waals surface area contributed by atoms with E-state index in [4.69, 9.17) is 16.7 Å². The minimum absolute atomic E-state index is 0.248. The van der Waals surface area contributed by atoms with Gasteiger partial charge in [-0.05, 0) is 19.0 Å². The van der Waals surface area contributed by atoms with Crippen LogP contribution in [0.5, 0.6) is 0 Å². The Labute approximate surface area is 81.2 Å². The van der Waals surface area contributed by atoms with Gasteiger partial charge in [-0.2, -0.15) is 0 Å². The predicted octanol–water partition coefficient (Wildman–Crippen LogP) is 1.87. The van der Waals surface area contributed by atoms with Crippen LogP contribution in [0.25, 0.3) is 0 Å². The van der Waals surface area contributed by atoms with Gasteiger partial charge in [-0.3, -0.25) is 0 Å². The molecular formula is C8H12ClNOS. The smallest absolute Gasteiger partial charge is 0.0516 e. The topological polar surface area (TPSA) is 32.3 Å². The lowest BCUT2D eigenvalue weighted by atomic mass is 10.4. The molecule has 0 radical (unpaired) electrons. The van der Waals surface area contributed by atoms with E-state index >= 15 is 0 Å².